The van der Waals surface area contributed by atoms with Gasteiger partial charge in [0.25, 0.3) is 5.91 Å². The molecule has 3 aromatic rings. The minimum atomic E-state index is -0.163. The highest BCUT2D eigenvalue weighted by Crippen LogP contribution is 2.31. The van der Waals surface area contributed by atoms with Crippen LogP contribution in [0.1, 0.15) is 34.5 Å². The third-order valence-corrected chi connectivity index (χ3v) is 6.25. The Morgan fingerprint density at radius 1 is 1.10 bits per heavy atom. The number of carbonyl (C=O) groups is 2. The van der Waals surface area contributed by atoms with Crippen LogP contribution in [0.5, 0.6) is 0 Å². The van der Waals surface area contributed by atoms with Crippen LogP contribution in [0.15, 0.2) is 36.4 Å². The molecule has 5 rings (SSSR count). The molecule has 1 aliphatic carbocycles. The number of aromatic nitrogens is 1. The lowest BCUT2D eigenvalue weighted by Gasteiger charge is -2.29. The van der Waals surface area contributed by atoms with Crippen LogP contribution in [0, 0.1) is 0 Å². The molecule has 2 aliphatic rings. The lowest BCUT2D eigenvalue weighted by Crippen LogP contribution is -2.47. The first kappa shape index (κ1) is 19.0. The summed E-state index contributed by atoms with van der Waals surface area (Å²) < 4.78 is 0. The zero-order valence-corrected chi connectivity index (χ0v) is 17.3. The number of hydrogen-bond acceptors (Lipinski definition) is 3. The van der Waals surface area contributed by atoms with E-state index in [2.05, 4.69) is 15.6 Å². The Bertz CT molecular complexity index is 1150. The van der Waals surface area contributed by atoms with Crippen LogP contribution in [-0.4, -0.2) is 36.4 Å². The lowest BCUT2D eigenvalue weighted by molar-refractivity contribution is -0.120. The zero-order chi connectivity index (χ0) is 20.7. The molecular weight excluding hydrogens is 400 g/mol. The minimum Gasteiger partial charge on any atom is -0.359 e. The number of halogens is 1. The maximum Gasteiger partial charge on any atom is 0.255 e. The average Bonchev–Trinajstić information content (AvgIpc) is 3.12. The predicted octanol–water partition coefficient (Wildman–Crippen LogP) is 3.89. The highest BCUT2D eigenvalue weighted by atomic mass is 35.5. The van der Waals surface area contributed by atoms with E-state index in [1.54, 1.807) is 6.07 Å². The monoisotopic (exact) mass is 422 g/mol. The molecule has 154 valence electrons. The summed E-state index contributed by atoms with van der Waals surface area (Å²) in [4.78, 5) is 29.9. The summed E-state index contributed by atoms with van der Waals surface area (Å²) in [7, 11) is 0. The van der Waals surface area contributed by atoms with E-state index >= 15 is 0 Å². The van der Waals surface area contributed by atoms with E-state index in [0.717, 1.165) is 29.4 Å². The number of amides is 2. The van der Waals surface area contributed by atoms with Crippen molar-refractivity contribution in [1.82, 2.24) is 10.3 Å². The lowest BCUT2D eigenvalue weighted by atomic mass is 9.95. The largest absolute Gasteiger partial charge is 0.359 e. The number of rotatable bonds is 3. The minimum absolute atomic E-state index is 0.0166. The Balaban J connectivity index is 1.36. The number of aryl methyl sites for hydroxylation is 2. The first-order chi connectivity index (χ1) is 14.6. The van der Waals surface area contributed by atoms with Gasteiger partial charge in [0.15, 0.2) is 0 Å². The van der Waals surface area contributed by atoms with Gasteiger partial charge < -0.3 is 20.5 Å². The fourth-order valence-corrected chi connectivity index (χ4v) is 4.74. The summed E-state index contributed by atoms with van der Waals surface area (Å²) in [6.07, 6.45) is 4.55. The smallest absolute Gasteiger partial charge is 0.255 e. The molecule has 0 saturated carbocycles. The first-order valence-corrected chi connectivity index (χ1v) is 10.7. The first-order valence-electron chi connectivity index (χ1n) is 10.3. The van der Waals surface area contributed by atoms with E-state index in [4.69, 9.17) is 11.6 Å². The summed E-state index contributed by atoms with van der Waals surface area (Å²) >= 11 is 6.45. The van der Waals surface area contributed by atoms with Crippen LogP contribution in [0.3, 0.4) is 0 Å². The number of nitrogens with zero attached hydrogens (tertiary/aromatic N) is 1. The maximum atomic E-state index is 12.9. The van der Waals surface area contributed by atoms with E-state index in [9.17, 15) is 9.59 Å². The van der Waals surface area contributed by atoms with Gasteiger partial charge in [0.1, 0.15) is 0 Å². The number of carbonyl (C=O) groups excluding carboxylic acids is 2. The summed E-state index contributed by atoms with van der Waals surface area (Å²) in [6.45, 7) is 1.59. The number of aromatic amines is 1. The van der Waals surface area contributed by atoms with Crippen LogP contribution in [0.2, 0.25) is 5.02 Å². The van der Waals surface area contributed by atoms with Crippen LogP contribution in [-0.2, 0) is 17.6 Å². The highest BCUT2D eigenvalue weighted by molar-refractivity contribution is 6.33. The molecule has 30 heavy (non-hydrogen) atoms. The van der Waals surface area contributed by atoms with Crippen LogP contribution >= 0.6 is 11.6 Å². The van der Waals surface area contributed by atoms with Crippen molar-refractivity contribution in [2.75, 3.05) is 29.9 Å². The zero-order valence-electron chi connectivity index (χ0n) is 16.6. The molecule has 0 radical (unpaired) electrons. The number of hydrogen-bond donors (Lipinski definition) is 3. The normalized spacial score (nSPS) is 16.3. The number of benzene rings is 2. The summed E-state index contributed by atoms with van der Waals surface area (Å²) in [5, 5.41) is 7.41. The molecule has 2 heterocycles. The highest BCUT2D eigenvalue weighted by Gasteiger charge is 2.20. The number of anilines is 2. The molecule has 1 aliphatic heterocycles. The topological polar surface area (TPSA) is 77.2 Å². The van der Waals surface area contributed by atoms with Gasteiger partial charge in [-0.1, -0.05) is 11.6 Å². The molecular formula is C23H23ClN4O2. The Morgan fingerprint density at radius 2 is 1.97 bits per heavy atom. The quantitative estimate of drug-likeness (QED) is 0.599. The number of nitrogens with one attached hydrogen (secondary N) is 3. The van der Waals surface area contributed by atoms with Gasteiger partial charge >= 0.3 is 0 Å². The van der Waals surface area contributed by atoms with Gasteiger partial charge in [0.05, 0.1) is 17.3 Å². The summed E-state index contributed by atoms with van der Waals surface area (Å²) in [5.41, 5.74) is 5.81. The second-order valence-corrected chi connectivity index (χ2v) is 8.35. The van der Waals surface area contributed by atoms with Crippen molar-refractivity contribution in [3.63, 3.8) is 0 Å². The molecule has 3 N–H and O–H groups in total. The third kappa shape index (κ3) is 3.52. The number of piperazine rings is 1. The standard InChI is InChI=1S/C23H23ClN4O2/c24-18-12-15(6-8-21(18)28-10-9-25-22(29)13-28)26-23(30)14-5-7-20-17(11-14)16-3-1-2-4-19(16)27-20/h5-8,11-12,27H,1-4,9-10,13H2,(H,25,29)(H,26,30). The molecule has 1 saturated heterocycles. The van der Waals surface area contributed by atoms with Gasteiger partial charge in [-0.3, -0.25) is 9.59 Å². The molecule has 0 bridgehead atoms. The third-order valence-electron chi connectivity index (χ3n) is 5.94. The Kier molecular flexibility index (Phi) is 4.87. The number of fused-ring (bicyclic) bond motifs is 3. The van der Waals surface area contributed by atoms with E-state index in [1.807, 2.05) is 35.2 Å². The predicted molar refractivity (Wildman–Crippen MR) is 120 cm³/mol. The van der Waals surface area contributed by atoms with E-state index in [0.29, 0.717) is 29.4 Å². The van der Waals surface area contributed by atoms with Crippen molar-refractivity contribution in [1.29, 1.82) is 0 Å². The molecule has 6 nitrogen and oxygen atoms in total. The van der Waals surface area contributed by atoms with E-state index in [1.165, 1.54) is 24.1 Å². The fraction of sp³-hybridized carbons (Fsp3) is 0.304. The van der Waals surface area contributed by atoms with Gasteiger partial charge in [0, 0.05) is 40.9 Å². The second kappa shape index (κ2) is 7.69. The van der Waals surface area contributed by atoms with Gasteiger partial charge in [-0.25, -0.2) is 0 Å². The SMILES string of the molecule is O=C1CN(c2ccc(NC(=O)c3ccc4[nH]c5c(c4c3)CCCC5)cc2Cl)CCN1. The van der Waals surface area contributed by atoms with Crippen molar-refractivity contribution in [2.24, 2.45) is 0 Å². The molecule has 1 fully saturated rings. The van der Waals surface area contributed by atoms with Crippen molar-refractivity contribution in [3.8, 4) is 0 Å². The van der Waals surface area contributed by atoms with Gasteiger partial charge in [-0.15, -0.1) is 0 Å². The van der Waals surface area contributed by atoms with Crippen LogP contribution < -0.4 is 15.5 Å². The Hall–Kier alpha value is -2.99. The Morgan fingerprint density at radius 3 is 2.80 bits per heavy atom. The number of H-pyrrole nitrogens is 1. The van der Waals surface area contributed by atoms with Gasteiger partial charge in [0.2, 0.25) is 5.91 Å². The van der Waals surface area contributed by atoms with E-state index < -0.39 is 0 Å². The average molecular weight is 423 g/mol. The fourth-order valence-electron chi connectivity index (χ4n) is 4.44. The molecule has 0 spiro atoms. The molecule has 2 amide bonds. The van der Waals surface area contributed by atoms with Crippen LogP contribution in [0.25, 0.3) is 10.9 Å². The van der Waals surface area contributed by atoms with Gasteiger partial charge in [-0.2, -0.15) is 0 Å². The van der Waals surface area contributed by atoms with Crippen LogP contribution in [0.4, 0.5) is 11.4 Å². The molecule has 0 unspecified atom stereocenters. The second-order valence-electron chi connectivity index (χ2n) is 7.94. The molecule has 2 aromatic carbocycles. The van der Waals surface area contributed by atoms with E-state index in [-0.39, 0.29) is 18.4 Å². The molecule has 0 atom stereocenters. The molecule has 1 aromatic heterocycles. The van der Waals surface area contributed by atoms with Crippen molar-refractivity contribution in [2.45, 2.75) is 25.7 Å². The van der Waals surface area contributed by atoms with Crippen molar-refractivity contribution in [3.05, 3.63) is 58.2 Å². The maximum absolute atomic E-state index is 12.9. The molecule has 7 heteroatoms. The van der Waals surface area contributed by atoms with Crippen molar-refractivity contribution < 1.29 is 9.59 Å². The van der Waals surface area contributed by atoms with Gasteiger partial charge in [-0.05, 0) is 67.6 Å². The Labute approximate surface area is 179 Å². The summed E-state index contributed by atoms with van der Waals surface area (Å²) in [6, 6.07) is 11.2. The van der Waals surface area contributed by atoms with Crippen molar-refractivity contribution >= 4 is 45.7 Å². The summed E-state index contributed by atoms with van der Waals surface area (Å²) in [5.74, 6) is -0.180.